The molecule has 1 aliphatic heterocycles. The number of likely N-dealkylation sites (tertiary alicyclic amines) is 1. The highest BCUT2D eigenvalue weighted by Crippen LogP contribution is 2.27. The predicted molar refractivity (Wildman–Crippen MR) is 103 cm³/mol. The van der Waals surface area contributed by atoms with E-state index < -0.39 is 0 Å². The van der Waals surface area contributed by atoms with Gasteiger partial charge in [-0.25, -0.2) is 9.97 Å². The van der Waals surface area contributed by atoms with Gasteiger partial charge in [-0.1, -0.05) is 6.07 Å². The van der Waals surface area contributed by atoms with Crippen molar-refractivity contribution < 1.29 is 0 Å². The van der Waals surface area contributed by atoms with Gasteiger partial charge in [-0.15, -0.1) is 0 Å². The molecule has 3 aromatic heterocycles. The molecule has 0 spiro atoms. The van der Waals surface area contributed by atoms with Crippen LogP contribution in [0.1, 0.15) is 36.0 Å². The molecule has 0 atom stereocenters. The molecule has 1 saturated heterocycles. The molecule has 0 aliphatic carbocycles. The molecule has 1 aliphatic rings. The van der Waals surface area contributed by atoms with Gasteiger partial charge in [0.25, 0.3) is 5.56 Å². The van der Waals surface area contributed by atoms with Crippen molar-refractivity contribution in [3.8, 4) is 11.5 Å². The molecule has 0 radical (unpaired) electrons. The zero-order valence-electron chi connectivity index (χ0n) is 15.7. The van der Waals surface area contributed by atoms with E-state index in [2.05, 4.69) is 31.5 Å². The minimum atomic E-state index is -0.117. The van der Waals surface area contributed by atoms with E-state index in [0.29, 0.717) is 17.4 Å². The van der Waals surface area contributed by atoms with Crippen molar-refractivity contribution in [2.24, 2.45) is 7.05 Å². The Bertz CT molecular complexity index is 970. The van der Waals surface area contributed by atoms with Crippen LogP contribution in [0.25, 0.3) is 11.5 Å². The third-order valence-corrected chi connectivity index (χ3v) is 5.38. The topological polar surface area (TPSA) is 79.7 Å². The minimum absolute atomic E-state index is 0.117. The fourth-order valence-corrected chi connectivity index (χ4v) is 3.62. The van der Waals surface area contributed by atoms with Gasteiger partial charge >= 0.3 is 0 Å². The maximum absolute atomic E-state index is 12.1. The van der Waals surface area contributed by atoms with Crippen molar-refractivity contribution in [1.29, 1.82) is 0 Å². The van der Waals surface area contributed by atoms with Gasteiger partial charge in [-0.2, -0.15) is 0 Å². The highest BCUT2D eigenvalue weighted by Gasteiger charge is 2.23. The van der Waals surface area contributed by atoms with Gasteiger partial charge in [-0.05, 0) is 45.0 Å². The molecule has 140 valence electrons. The Kier molecular flexibility index (Phi) is 4.85. The number of nitrogens with zero attached hydrogens (tertiary/aromatic N) is 5. The smallest absolute Gasteiger partial charge is 0.251 e. The molecular weight excluding hydrogens is 340 g/mol. The van der Waals surface area contributed by atoms with Crippen molar-refractivity contribution in [3.63, 3.8) is 0 Å². The number of aromatic amines is 1. The van der Waals surface area contributed by atoms with Crippen LogP contribution in [0.5, 0.6) is 0 Å². The summed E-state index contributed by atoms with van der Waals surface area (Å²) in [5.41, 5.74) is 2.68. The fourth-order valence-electron chi connectivity index (χ4n) is 3.62. The lowest BCUT2D eigenvalue weighted by atomic mass is 9.93. The number of hydrogen-bond donors (Lipinski definition) is 1. The zero-order valence-corrected chi connectivity index (χ0v) is 15.7. The lowest BCUT2D eigenvalue weighted by molar-refractivity contribution is 0.199. The lowest BCUT2D eigenvalue weighted by Crippen LogP contribution is -2.33. The van der Waals surface area contributed by atoms with Crippen LogP contribution >= 0.6 is 0 Å². The third-order valence-electron chi connectivity index (χ3n) is 5.38. The number of rotatable bonds is 4. The Hall–Kier alpha value is -2.80. The van der Waals surface area contributed by atoms with Crippen LogP contribution in [0, 0.1) is 6.92 Å². The van der Waals surface area contributed by atoms with Crippen LogP contribution in [0.2, 0.25) is 0 Å². The summed E-state index contributed by atoms with van der Waals surface area (Å²) in [6.45, 7) is 4.91. The number of piperidine rings is 1. The van der Waals surface area contributed by atoms with E-state index in [4.69, 9.17) is 4.98 Å². The molecule has 1 fully saturated rings. The fraction of sp³-hybridized carbons (Fsp3) is 0.400. The van der Waals surface area contributed by atoms with E-state index in [1.54, 1.807) is 12.3 Å². The average Bonchev–Trinajstić information content (AvgIpc) is 3.01. The molecule has 0 unspecified atom stereocenters. The molecule has 7 nitrogen and oxygen atoms in total. The van der Waals surface area contributed by atoms with E-state index in [1.165, 1.54) is 5.69 Å². The normalized spacial score (nSPS) is 15.9. The maximum Gasteiger partial charge on any atom is 0.251 e. The Labute approximate surface area is 158 Å². The number of hydrogen-bond acceptors (Lipinski definition) is 5. The first-order chi connectivity index (χ1) is 13.1. The molecule has 0 saturated carbocycles. The zero-order chi connectivity index (χ0) is 18.8. The highest BCUT2D eigenvalue weighted by molar-refractivity contribution is 5.48. The molecule has 27 heavy (non-hydrogen) atoms. The second-order valence-electron chi connectivity index (χ2n) is 7.14. The van der Waals surface area contributed by atoms with Gasteiger partial charge < -0.3 is 9.55 Å². The minimum Gasteiger partial charge on any atom is -0.334 e. The SMILES string of the molecule is Cc1ncc(CN2CCC(c3cc(=O)[nH]c(-c4ccccn4)n3)CC2)n1C. The van der Waals surface area contributed by atoms with Crippen LogP contribution in [-0.2, 0) is 13.6 Å². The number of nitrogens with one attached hydrogen (secondary N) is 1. The number of H-pyrrole nitrogens is 1. The first-order valence-electron chi connectivity index (χ1n) is 9.32. The molecule has 0 amide bonds. The van der Waals surface area contributed by atoms with Crippen molar-refractivity contribution in [1.82, 2.24) is 29.4 Å². The second-order valence-corrected chi connectivity index (χ2v) is 7.14. The van der Waals surface area contributed by atoms with E-state index in [-0.39, 0.29) is 5.56 Å². The van der Waals surface area contributed by atoms with E-state index in [0.717, 1.165) is 44.0 Å². The van der Waals surface area contributed by atoms with E-state index in [9.17, 15) is 4.79 Å². The van der Waals surface area contributed by atoms with Gasteiger partial charge in [0.2, 0.25) is 0 Å². The van der Waals surface area contributed by atoms with Crippen molar-refractivity contribution in [2.45, 2.75) is 32.2 Å². The molecule has 0 bridgehead atoms. The van der Waals surface area contributed by atoms with Gasteiger partial charge in [-0.3, -0.25) is 14.7 Å². The van der Waals surface area contributed by atoms with E-state index in [1.807, 2.05) is 31.3 Å². The Morgan fingerprint density at radius 3 is 2.70 bits per heavy atom. The average molecular weight is 364 g/mol. The van der Waals surface area contributed by atoms with Crippen LogP contribution in [-0.4, -0.2) is 42.5 Å². The highest BCUT2D eigenvalue weighted by atomic mass is 16.1. The van der Waals surface area contributed by atoms with Gasteiger partial charge in [0.1, 0.15) is 11.5 Å². The predicted octanol–water partition coefficient (Wildman–Crippen LogP) is 2.25. The van der Waals surface area contributed by atoms with Crippen molar-refractivity contribution in [2.75, 3.05) is 13.1 Å². The lowest BCUT2D eigenvalue weighted by Gasteiger charge is -2.31. The molecule has 0 aromatic carbocycles. The van der Waals surface area contributed by atoms with Crippen LogP contribution in [0.15, 0.2) is 41.5 Å². The van der Waals surface area contributed by atoms with Crippen molar-refractivity contribution >= 4 is 0 Å². The van der Waals surface area contributed by atoms with Gasteiger partial charge in [0.15, 0.2) is 5.82 Å². The number of aromatic nitrogens is 5. The van der Waals surface area contributed by atoms with Gasteiger partial charge in [0.05, 0.1) is 11.4 Å². The third kappa shape index (κ3) is 3.83. The molecule has 3 aromatic rings. The summed E-state index contributed by atoms with van der Waals surface area (Å²) >= 11 is 0. The maximum atomic E-state index is 12.1. The molecule has 4 rings (SSSR count). The first-order valence-corrected chi connectivity index (χ1v) is 9.32. The molecule has 7 heteroatoms. The number of pyridine rings is 1. The van der Waals surface area contributed by atoms with Gasteiger partial charge in [0, 0.05) is 38.0 Å². The summed E-state index contributed by atoms with van der Waals surface area (Å²) < 4.78 is 2.14. The van der Waals surface area contributed by atoms with Crippen LogP contribution in [0.3, 0.4) is 0 Å². The summed E-state index contributed by atoms with van der Waals surface area (Å²) in [5, 5.41) is 0. The summed E-state index contributed by atoms with van der Waals surface area (Å²) in [5.74, 6) is 1.89. The van der Waals surface area contributed by atoms with E-state index >= 15 is 0 Å². The number of imidazole rings is 1. The van der Waals surface area contributed by atoms with Crippen LogP contribution in [0.4, 0.5) is 0 Å². The Morgan fingerprint density at radius 1 is 1.22 bits per heavy atom. The standard InChI is InChI=1S/C20H24N6O/c1-14-22-12-16(25(14)2)13-26-9-6-15(7-10-26)18-11-19(27)24-20(23-18)17-5-3-4-8-21-17/h3-5,8,11-12,15H,6-7,9-10,13H2,1-2H3,(H,23,24,27). The summed E-state index contributed by atoms with van der Waals surface area (Å²) in [6.07, 6.45) is 5.66. The summed E-state index contributed by atoms with van der Waals surface area (Å²) in [7, 11) is 2.06. The monoisotopic (exact) mass is 364 g/mol. The first kappa shape index (κ1) is 17.6. The van der Waals surface area contributed by atoms with Crippen LogP contribution < -0.4 is 5.56 Å². The molecule has 1 N–H and O–H groups in total. The summed E-state index contributed by atoms with van der Waals surface area (Å²) in [6, 6.07) is 7.25. The Morgan fingerprint density at radius 2 is 2.04 bits per heavy atom. The van der Waals surface area contributed by atoms with Crippen molar-refractivity contribution in [3.05, 3.63) is 64.2 Å². The largest absolute Gasteiger partial charge is 0.334 e. The second kappa shape index (κ2) is 7.44. The quantitative estimate of drug-likeness (QED) is 0.768. The Balaban J connectivity index is 1.46. The molecule has 4 heterocycles. The summed E-state index contributed by atoms with van der Waals surface area (Å²) in [4.78, 5) is 30.8. The molecular formula is C20H24N6O. The number of aryl methyl sites for hydroxylation is 1.